The van der Waals surface area contributed by atoms with Crippen LogP contribution in [-0.4, -0.2) is 0 Å². The van der Waals surface area contributed by atoms with Gasteiger partial charge in [-0.2, -0.15) is 0 Å². The molecule has 1 atom stereocenters. The molecule has 1 aliphatic rings. The molecule has 0 radical (unpaired) electrons. The van der Waals surface area contributed by atoms with Gasteiger partial charge >= 0.3 is 0 Å². The van der Waals surface area contributed by atoms with E-state index in [4.69, 9.17) is 0 Å². The molecule has 4 aromatic rings. The van der Waals surface area contributed by atoms with Gasteiger partial charge in [-0.3, -0.25) is 0 Å². The SMILES string of the molecule is Cc1ccccc1C1C=Cc2cccc(-c3cccc4ccccc34)c21. The Morgan fingerprint density at radius 3 is 2.31 bits per heavy atom. The number of rotatable bonds is 2. The summed E-state index contributed by atoms with van der Waals surface area (Å²) in [6.45, 7) is 2.21. The summed E-state index contributed by atoms with van der Waals surface area (Å²) in [5.41, 5.74) is 8.18. The molecule has 4 aromatic carbocycles. The predicted octanol–water partition coefficient (Wildman–Crippen LogP) is 6.97. The molecule has 0 fully saturated rings. The summed E-state index contributed by atoms with van der Waals surface area (Å²) < 4.78 is 0. The fraction of sp³-hybridized carbons (Fsp3) is 0.0769. The van der Waals surface area contributed by atoms with E-state index < -0.39 is 0 Å². The molecule has 26 heavy (non-hydrogen) atoms. The van der Waals surface area contributed by atoms with Crippen molar-refractivity contribution in [1.29, 1.82) is 0 Å². The lowest BCUT2D eigenvalue weighted by Gasteiger charge is -2.19. The van der Waals surface area contributed by atoms with Crippen LogP contribution in [0.15, 0.2) is 91.0 Å². The zero-order chi connectivity index (χ0) is 17.5. The Bertz CT molecular complexity index is 1140. The highest BCUT2D eigenvalue weighted by Gasteiger charge is 2.24. The van der Waals surface area contributed by atoms with Crippen LogP contribution in [0.4, 0.5) is 0 Å². The summed E-state index contributed by atoms with van der Waals surface area (Å²) in [6.07, 6.45) is 4.63. The van der Waals surface area contributed by atoms with Gasteiger partial charge in [0.25, 0.3) is 0 Å². The third-order valence-corrected chi connectivity index (χ3v) is 5.52. The molecular weight excluding hydrogens is 312 g/mol. The van der Waals surface area contributed by atoms with Crippen LogP contribution < -0.4 is 0 Å². The van der Waals surface area contributed by atoms with Crippen LogP contribution in [0.5, 0.6) is 0 Å². The summed E-state index contributed by atoms with van der Waals surface area (Å²) in [6, 6.07) is 30.7. The maximum Gasteiger partial charge on any atom is 0.0287 e. The first-order valence-electron chi connectivity index (χ1n) is 9.18. The van der Waals surface area contributed by atoms with Gasteiger partial charge < -0.3 is 0 Å². The predicted molar refractivity (Wildman–Crippen MR) is 111 cm³/mol. The number of fused-ring (bicyclic) bond motifs is 2. The van der Waals surface area contributed by atoms with Crippen molar-refractivity contribution in [2.24, 2.45) is 0 Å². The van der Waals surface area contributed by atoms with Gasteiger partial charge in [0, 0.05) is 5.92 Å². The van der Waals surface area contributed by atoms with Crippen molar-refractivity contribution in [3.63, 3.8) is 0 Å². The average Bonchev–Trinajstić information content (AvgIpc) is 3.12. The number of aryl methyl sites for hydroxylation is 1. The minimum atomic E-state index is 0.321. The molecule has 0 bridgehead atoms. The van der Waals surface area contributed by atoms with E-state index in [2.05, 4.69) is 104 Å². The molecule has 0 N–H and O–H groups in total. The van der Waals surface area contributed by atoms with E-state index in [1.807, 2.05) is 0 Å². The Morgan fingerprint density at radius 2 is 1.38 bits per heavy atom. The summed E-state index contributed by atoms with van der Waals surface area (Å²) >= 11 is 0. The minimum absolute atomic E-state index is 0.321. The van der Waals surface area contributed by atoms with Gasteiger partial charge in [0.05, 0.1) is 0 Å². The van der Waals surface area contributed by atoms with E-state index in [9.17, 15) is 0 Å². The van der Waals surface area contributed by atoms with Gasteiger partial charge in [0.1, 0.15) is 0 Å². The molecule has 0 nitrogen and oxygen atoms in total. The van der Waals surface area contributed by atoms with Crippen LogP contribution in [0.25, 0.3) is 28.0 Å². The van der Waals surface area contributed by atoms with Crippen molar-refractivity contribution >= 4 is 16.8 Å². The standard InChI is InChI=1S/C26H20/c1-18-8-2-4-12-21(18)25-17-16-20-11-7-15-24(26(20)25)23-14-6-10-19-9-3-5-13-22(19)23/h2-17,25H,1H3. The number of allylic oxidation sites excluding steroid dienone is 1. The minimum Gasteiger partial charge on any atom is -0.0720 e. The highest BCUT2D eigenvalue weighted by Crippen LogP contribution is 2.43. The fourth-order valence-electron chi connectivity index (χ4n) is 4.26. The molecule has 0 heterocycles. The fourth-order valence-corrected chi connectivity index (χ4v) is 4.26. The van der Waals surface area contributed by atoms with Crippen molar-refractivity contribution in [2.75, 3.05) is 0 Å². The molecule has 0 amide bonds. The smallest absolute Gasteiger partial charge is 0.0287 e. The Labute approximate surface area is 154 Å². The molecule has 0 aromatic heterocycles. The zero-order valence-electron chi connectivity index (χ0n) is 14.8. The lowest BCUT2D eigenvalue weighted by Crippen LogP contribution is -2.01. The van der Waals surface area contributed by atoms with Gasteiger partial charge in [-0.25, -0.2) is 0 Å². The van der Waals surface area contributed by atoms with E-state index in [1.165, 1.54) is 44.2 Å². The van der Waals surface area contributed by atoms with Crippen LogP contribution in [-0.2, 0) is 0 Å². The lowest BCUT2D eigenvalue weighted by atomic mass is 9.84. The van der Waals surface area contributed by atoms with Crippen LogP contribution in [0, 0.1) is 6.92 Å². The van der Waals surface area contributed by atoms with Crippen molar-refractivity contribution in [3.05, 3.63) is 113 Å². The van der Waals surface area contributed by atoms with Crippen LogP contribution in [0.3, 0.4) is 0 Å². The quantitative estimate of drug-likeness (QED) is 0.371. The molecule has 1 unspecified atom stereocenters. The first-order chi connectivity index (χ1) is 12.8. The first kappa shape index (κ1) is 15.2. The van der Waals surface area contributed by atoms with Crippen molar-refractivity contribution < 1.29 is 0 Å². The van der Waals surface area contributed by atoms with Crippen molar-refractivity contribution in [3.8, 4) is 11.1 Å². The van der Waals surface area contributed by atoms with Crippen molar-refractivity contribution in [1.82, 2.24) is 0 Å². The molecule has 5 rings (SSSR count). The van der Waals surface area contributed by atoms with Crippen LogP contribution in [0.2, 0.25) is 0 Å². The summed E-state index contributed by atoms with van der Waals surface area (Å²) in [7, 11) is 0. The molecule has 0 saturated heterocycles. The van der Waals surface area contributed by atoms with Gasteiger partial charge in [-0.15, -0.1) is 0 Å². The molecular formula is C26H20. The van der Waals surface area contributed by atoms with Gasteiger partial charge in [-0.1, -0.05) is 97.1 Å². The maximum absolute atomic E-state index is 2.35. The maximum atomic E-state index is 2.35. The van der Waals surface area contributed by atoms with Crippen LogP contribution >= 0.6 is 0 Å². The third-order valence-electron chi connectivity index (χ3n) is 5.52. The Hall–Kier alpha value is -3.12. The molecule has 124 valence electrons. The highest BCUT2D eigenvalue weighted by molar-refractivity contribution is 5.98. The summed E-state index contributed by atoms with van der Waals surface area (Å²) in [4.78, 5) is 0. The monoisotopic (exact) mass is 332 g/mol. The lowest BCUT2D eigenvalue weighted by molar-refractivity contribution is 1.03. The van der Waals surface area contributed by atoms with E-state index in [0.717, 1.165) is 0 Å². The number of benzene rings is 4. The second-order valence-electron chi connectivity index (χ2n) is 7.03. The molecule has 0 heteroatoms. The number of hydrogen-bond acceptors (Lipinski definition) is 0. The van der Waals surface area contributed by atoms with E-state index in [0.29, 0.717) is 5.92 Å². The summed E-state index contributed by atoms with van der Waals surface area (Å²) in [5.74, 6) is 0.321. The zero-order valence-corrected chi connectivity index (χ0v) is 14.8. The second-order valence-corrected chi connectivity index (χ2v) is 7.03. The Balaban J connectivity index is 1.77. The highest BCUT2D eigenvalue weighted by atomic mass is 14.3. The largest absolute Gasteiger partial charge is 0.0720 e. The van der Waals surface area contributed by atoms with E-state index in [-0.39, 0.29) is 0 Å². The number of hydrogen-bond donors (Lipinski definition) is 0. The average molecular weight is 332 g/mol. The van der Waals surface area contributed by atoms with Crippen molar-refractivity contribution in [2.45, 2.75) is 12.8 Å². The second kappa shape index (κ2) is 6.00. The molecule has 0 aliphatic heterocycles. The normalized spacial score (nSPS) is 15.3. The molecule has 1 aliphatic carbocycles. The van der Waals surface area contributed by atoms with E-state index in [1.54, 1.807) is 0 Å². The van der Waals surface area contributed by atoms with Gasteiger partial charge in [-0.05, 0) is 51.1 Å². The van der Waals surface area contributed by atoms with Crippen LogP contribution in [0.1, 0.15) is 28.2 Å². The third kappa shape index (κ3) is 2.30. The molecule has 0 saturated carbocycles. The first-order valence-corrected chi connectivity index (χ1v) is 9.18. The topological polar surface area (TPSA) is 0 Å². The van der Waals surface area contributed by atoms with E-state index >= 15 is 0 Å². The Morgan fingerprint density at radius 1 is 0.654 bits per heavy atom. The molecule has 0 spiro atoms. The summed E-state index contributed by atoms with van der Waals surface area (Å²) in [5, 5.41) is 2.61. The van der Waals surface area contributed by atoms with Gasteiger partial charge in [0.2, 0.25) is 0 Å². The van der Waals surface area contributed by atoms with Gasteiger partial charge in [0.15, 0.2) is 0 Å². The Kier molecular flexibility index (Phi) is 3.50.